The predicted molar refractivity (Wildman–Crippen MR) is 94.6 cm³/mol. The second kappa shape index (κ2) is 8.52. The number of hydrogen-bond donors (Lipinski definition) is 1. The zero-order valence-electron chi connectivity index (χ0n) is 14.0. The molecule has 1 amide bonds. The first-order valence-corrected chi connectivity index (χ1v) is 9.50. The van der Waals surface area contributed by atoms with E-state index in [1.807, 2.05) is 19.0 Å². The Morgan fingerprint density at radius 1 is 1.26 bits per heavy atom. The van der Waals surface area contributed by atoms with Crippen molar-refractivity contribution in [1.82, 2.24) is 10.2 Å². The van der Waals surface area contributed by atoms with Crippen molar-refractivity contribution in [2.24, 2.45) is 0 Å². The summed E-state index contributed by atoms with van der Waals surface area (Å²) in [5.74, 6) is -0.180. The van der Waals surface area contributed by atoms with E-state index in [1.165, 1.54) is 4.31 Å². The zero-order valence-corrected chi connectivity index (χ0v) is 15.5. The average molecular weight is 362 g/mol. The normalized spacial score (nSPS) is 11.6. The Morgan fingerprint density at radius 2 is 1.91 bits per heavy atom. The molecule has 0 radical (unpaired) electrons. The van der Waals surface area contributed by atoms with Crippen LogP contribution in [0.2, 0.25) is 5.02 Å². The number of anilines is 1. The maximum atomic E-state index is 12.1. The summed E-state index contributed by atoms with van der Waals surface area (Å²) < 4.78 is 25.3. The monoisotopic (exact) mass is 361 g/mol. The van der Waals surface area contributed by atoms with E-state index < -0.39 is 10.0 Å². The molecule has 1 rings (SSSR count). The molecule has 0 aliphatic heterocycles. The zero-order chi connectivity index (χ0) is 17.6. The van der Waals surface area contributed by atoms with Crippen molar-refractivity contribution < 1.29 is 13.2 Å². The second-order valence-corrected chi connectivity index (χ2v) is 7.94. The highest BCUT2D eigenvalue weighted by Crippen LogP contribution is 2.28. The van der Waals surface area contributed by atoms with Crippen molar-refractivity contribution in [1.29, 1.82) is 0 Å². The summed E-state index contributed by atoms with van der Waals surface area (Å²) in [6, 6.07) is 5.08. The van der Waals surface area contributed by atoms with Crippen LogP contribution in [0, 0.1) is 6.92 Å². The highest BCUT2D eigenvalue weighted by molar-refractivity contribution is 7.92. The summed E-state index contributed by atoms with van der Waals surface area (Å²) in [6.07, 6.45) is 1.21. The van der Waals surface area contributed by atoms with E-state index in [-0.39, 0.29) is 18.9 Å². The smallest absolute Gasteiger partial charge is 0.232 e. The van der Waals surface area contributed by atoms with Crippen LogP contribution in [-0.2, 0) is 14.8 Å². The Morgan fingerprint density at radius 3 is 2.48 bits per heavy atom. The van der Waals surface area contributed by atoms with Crippen LogP contribution in [0.25, 0.3) is 0 Å². The molecule has 0 aliphatic carbocycles. The van der Waals surface area contributed by atoms with Crippen LogP contribution in [-0.4, -0.2) is 59.2 Å². The third-order valence-corrected chi connectivity index (χ3v) is 4.92. The van der Waals surface area contributed by atoms with Crippen LogP contribution < -0.4 is 9.62 Å². The first-order chi connectivity index (χ1) is 10.6. The molecule has 0 bridgehead atoms. The molecule has 1 N–H and O–H groups in total. The van der Waals surface area contributed by atoms with Gasteiger partial charge >= 0.3 is 0 Å². The standard InChI is InChI=1S/C15H24ClN3O3S/c1-12-13(16)6-5-7-14(12)19(23(4,21)22)10-8-15(20)17-9-11-18(2)3/h5-7H,8-11H2,1-4H3,(H,17,20). The molecule has 0 saturated carbocycles. The molecule has 0 aliphatic rings. The molecule has 8 heteroatoms. The molecule has 0 atom stereocenters. The molecule has 0 heterocycles. The molecule has 23 heavy (non-hydrogen) atoms. The number of hydrogen-bond acceptors (Lipinski definition) is 4. The number of amides is 1. The number of nitrogens with one attached hydrogen (secondary N) is 1. The first kappa shape index (κ1) is 19.7. The van der Waals surface area contributed by atoms with E-state index in [1.54, 1.807) is 25.1 Å². The summed E-state index contributed by atoms with van der Waals surface area (Å²) in [6.45, 7) is 3.09. The van der Waals surface area contributed by atoms with Gasteiger partial charge in [0.25, 0.3) is 0 Å². The van der Waals surface area contributed by atoms with Gasteiger partial charge in [-0.15, -0.1) is 0 Å². The molecule has 6 nitrogen and oxygen atoms in total. The molecule has 0 aromatic heterocycles. The van der Waals surface area contributed by atoms with Crippen molar-refractivity contribution in [3.05, 3.63) is 28.8 Å². The van der Waals surface area contributed by atoms with Gasteiger partial charge in [-0.1, -0.05) is 17.7 Å². The van der Waals surface area contributed by atoms with Gasteiger partial charge in [-0.3, -0.25) is 9.10 Å². The maximum absolute atomic E-state index is 12.1. The largest absolute Gasteiger partial charge is 0.355 e. The number of halogens is 1. The molecular weight excluding hydrogens is 338 g/mol. The highest BCUT2D eigenvalue weighted by Gasteiger charge is 2.21. The van der Waals surface area contributed by atoms with Crippen LogP contribution in [0.4, 0.5) is 5.69 Å². The lowest BCUT2D eigenvalue weighted by Crippen LogP contribution is -2.36. The molecule has 1 aromatic rings. The van der Waals surface area contributed by atoms with Crippen molar-refractivity contribution in [3.8, 4) is 0 Å². The van der Waals surface area contributed by atoms with Crippen LogP contribution in [0.1, 0.15) is 12.0 Å². The van der Waals surface area contributed by atoms with Gasteiger partial charge in [0.05, 0.1) is 11.9 Å². The summed E-state index contributed by atoms with van der Waals surface area (Å²) >= 11 is 6.06. The number of carbonyl (C=O) groups excluding carboxylic acids is 1. The maximum Gasteiger partial charge on any atom is 0.232 e. The molecular formula is C15H24ClN3O3S. The van der Waals surface area contributed by atoms with E-state index in [4.69, 9.17) is 11.6 Å². The molecule has 0 unspecified atom stereocenters. The van der Waals surface area contributed by atoms with Gasteiger partial charge in [0.2, 0.25) is 15.9 Å². The van der Waals surface area contributed by atoms with Gasteiger partial charge in [0.1, 0.15) is 0 Å². The topological polar surface area (TPSA) is 69.7 Å². The first-order valence-electron chi connectivity index (χ1n) is 7.27. The number of carbonyl (C=O) groups is 1. The van der Waals surface area contributed by atoms with Gasteiger partial charge in [-0.25, -0.2) is 8.42 Å². The number of nitrogens with zero attached hydrogens (tertiary/aromatic N) is 2. The molecule has 1 aromatic carbocycles. The van der Waals surface area contributed by atoms with Crippen LogP contribution >= 0.6 is 11.6 Å². The molecule has 0 saturated heterocycles. The Hall–Kier alpha value is -1.31. The van der Waals surface area contributed by atoms with E-state index >= 15 is 0 Å². The average Bonchev–Trinajstić information content (AvgIpc) is 2.41. The second-order valence-electron chi connectivity index (χ2n) is 5.62. The Kier molecular flexibility index (Phi) is 7.31. The number of rotatable bonds is 8. The lowest BCUT2D eigenvalue weighted by atomic mass is 10.2. The third kappa shape index (κ3) is 6.37. The Labute approximate surface area is 143 Å². The van der Waals surface area contributed by atoms with E-state index in [9.17, 15) is 13.2 Å². The fraction of sp³-hybridized carbons (Fsp3) is 0.533. The third-order valence-electron chi connectivity index (χ3n) is 3.33. The van der Waals surface area contributed by atoms with Gasteiger partial charge < -0.3 is 10.2 Å². The predicted octanol–water partition coefficient (Wildman–Crippen LogP) is 1.48. The van der Waals surface area contributed by atoms with Crippen molar-refractivity contribution in [3.63, 3.8) is 0 Å². The van der Waals surface area contributed by atoms with E-state index in [0.717, 1.165) is 12.8 Å². The van der Waals surface area contributed by atoms with E-state index in [2.05, 4.69) is 5.32 Å². The van der Waals surface area contributed by atoms with Crippen molar-refractivity contribution in [2.75, 3.05) is 44.3 Å². The molecule has 0 fully saturated rings. The summed E-state index contributed by atoms with van der Waals surface area (Å²) in [4.78, 5) is 13.8. The summed E-state index contributed by atoms with van der Waals surface area (Å²) in [7, 11) is 0.332. The van der Waals surface area contributed by atoms with Crippen LogP contribution in [0.5, 0.6) is 0 Å². The highest BCUT2D eigenvalue weighted by atomic mass is 35.5. The fourth-order valence-electron chi connectivity index (χ4n) is 2.04. The molecule has 0 spiro atoms. The minimum absolute atomic E-state index is 0.0772. The number of sulfonamides is 1. The Bertz CT molecular complexity index is 647. The lowest BCUT2D eigenvalue weighted by molar-refractivity contribution is -0.120. The minimum atomic E-state index is -3.50. The SMILES string of the molecule is Cc1c(Cl)cccc1N(CCC(=O)NCCN(C)C)S(C)(=O)=O. The van der Waals surface area contributed by atoms with Crippen molar-refractivity contribution >= 4 is 33.2 Å². The van der Waals surface area contributed by atoms with Crippen LogP contribution in [0.3, 0.4) is 0 Å². The van der Waals surface area contributed by atoms with Gasteiger partial charge in [-0.2, -0.15) is 0 Å². The number of benzene rings is 1. The van der Waals surface area contributed by atoms with Gasteiger partial charge in [0.15, 0.2) is 0 Å². The molecule has 130 valence electrons. The summed E-state index contributed by atoms with van der Waals surface area (Å²) in [5.41, 5.74) is 1.17. The van der Waals surface area contributed by atoms with Gasteiger partial charge in [0, 0.05) is 31.1 Å². The van der Waals surface area contributed by atoms with Crippen molar-refractivity contribution in [2.45, 2.75) is 13.3 Å². The lowest BCUT2D eigenvalue weighted by Gasteiger charge is -2.24. The summed E-state index contributed by atoms with van der Waals surface area (Å²) in [5, 5.41) is 3.26. The van der Waals surface area contributed by atoms with E-state index in [0.29, 0.717) is 22.8 Å². The van der Waals surface area contributed by atoms with Gasteiger partial charge in [-0.05, 0) is 38.7 Å². The quantitative estimate of drug-likeness (QED) is 0.761. The Balaban J connectivity index is 2.78. The number of likely N-dealkylation sites (N-methyl/N-ethyl adjacent to an activating group) is 1. The fourth-order valence-corrected chi connectivity index (χ4v) is 3.19. The minimum Gasteiger partial charge on any atom is -0.355 e. The van der Waals surface area contributed by atoms with Crippen LogP contribution in [0.15, 0.2) is 18.2 Å².